The molecule has 0 saturated carbocycles. The predicted octanol–water partition coefficient (Wildman–Crippen LogP) is 1.82. The summed E-state index contributed by atoms with van der Waals surface area (Å²) in [5, 5.41) is 0. The third-order valence-corrected chi connectivity index (χ3v) is 2.60. The molecule has 0 radical (unpaired) electrons. The molecule has 0 aliphatic rings. The fourth-order valence-corrected chi connectivity index (χ4v) is 1.77. The van der Waals surface area contributed by atoms with Gasteiger partial charge in [0.15, 0.2) is 0 Å². The number of rotatable bonds is 2. The Bertz CT molecular complexity index is 237. The lowest BCUT2D eigenvalue weighted by molar-refractivity contribution is 0.600. The fourth-order valence-electron chi connectivity index (χ4n) is 0.916. The SMILES string of the molecule is C[C@@H](NN)c1ccccc1I. The van der Waals surface area contributed by atoms with E-state index in [1.54, 1.807) is 0 Å². The van der Waals surface area contributed by atoms with Crippen LogP contribution in [0.3, 0.4) is 0 Å². The topological polar surface area (TPSA) is 38.0 Å². The van der Waals surface area contributed by atoms with Gasteiger partial charge in [-0.25, -0.2) is 0 Å². The summed E-state index contributed by atoms with van der Waals surface area (Å²) in [6, 6.07) is 8.42. The van der Waals surface area contributed by atoms with E-state index < -0.39 is 0 Å². The molecule has 0 unspecified atom stereocenters. The summed E-state index contributed by atoms with van der Waals surface area (Å²) in [4.78, 5) is 0. The number of hydrogen-bond donors (Lipinski definition) is 2. The maximum absolute atomic E-state index is 5.32. The van der Waals surface area contributed by atoms with Gasteiger partial charge in [0.05, 0.1) is 0 Å². The highest BCUT2D eigenvalue weighted by Crippen LogP contribution is 2.17. The quantitative estimate of drug-likeness (QED) is 0.484. The van der Waals surface area contributed by atoms with Gasteiger partial charge < -0.3 is 0 Å². The molecule has 3 heteroatoms. The summed E-state index contributed by atoms with van der Waals surface area (Å²) in [6.45, 7) is 2.04. The van der Waals surface area contributed by atoms with Gasteiger partial charge in [-0.05, 0) is 41.1 Å². The Morgan fingerprint density at radius 3 is 2.64 bits per heavy atom. The smallest absolute Gasteiger partial charge is 0.0442 e. The highest BCUT2D eigenvalue weighted by atomic mass is 127. The second-order valence-corrected chi connectivity index (χ2v) is 3.57. The molecular formula is C8H11IN2. The van der Waals surface area contributed by atoms with E-state index in [9.17, 15) is 0 Å². The van der Waals surface area contributed by atoms with Crippen LogP contribution in [0.15, 0.2) is 24.3 Å². The van der Waals surface area contributed by atoms with Crippen molar-refractivity contribution >= 4 is 22.6 Å². The molecule has 0 aliphatic carbocycles. The van der Waals surface area contributed by atoms with Gasteiger partial charge in [0.25, 0.3) is 0 Å². The molecule has 1 aromatic carbocycles. The normalized spacial score (nSPS) is 13.0. The molecule has 0 aliphatic heterocycles. The van der Waals surface area contributed by atoms with Gasteiger partial charge in [0.1, 0.15) is 0 Å². The lowest BCUT2D eigenvalue weighted by Gasteiger charge is -2.11. The molecule has 1 atom stereocenters. The van der Waals surface area contributed by atoms with Crippen molar-refractivity contribution in [1.29, 1.82) is 0 Å². The van der Waals surface area contributed by atoms with Gasteiger partial charge in [0.2, 0.25) is 0 Å². The van der Waals surface area contributed by atoms with Crippen molar-refractivity contribution in [2.45, 2.75) is 13.0 Å². The van der Waals surface area contributed by atoms with Crippen LogP contribution in [0.4, 0.5) is 0 Å². The van der Waals surface area contributed by atoms with Gasteiger partial charge in [-0.3, -0.25) is 11.3 Å². The number of hydrazine groups is 1. The van der Waals surface area contributed by atoms with Crippen molar-refractivity contribution in [3.05, 3.63) is 33.4 Å². The molecule has 11 heavy (non-hydrogen) atoms. The number of benzene rings is 1. The lowest BCUT2D eigenvalue weighted by Crippen LogP contribution is -2.26. The molecule has 0 fully saturated rings. The highest BCUT2D eigenvalue weighted by molar-refractivity contribution is 14.1. The first-order valence-corrected chi connectivity index (χ1v) is 4.54. The Balaban J connectivity index is 2.93. The zero-order chi connectivity index (χ0) is 8.27. The van der Waals surface area contributed by atoms with Crippen LogP contribution in [0.25, 0.3) is 0 Å². The van der Waals surface area contributed by atoms with Crippen molar-refractivity contribution < 1.29 is 0 Å². The van der Waals surface area contributed by atoms with Crippen LogP contribution in [0, 0.1) is 3.57 Å². The van der Waals surface area contributed by atoms with Gasteiger partial charge in [-0.1, -0.05) is 18.2 Å². The zero-order valence-electron chi connectivity index (χ0n) is 6.34. The summed E-state index contributed by atoms with van der Waals surface area (Å²) in [7, 11) is 0. The van der Waals surface area contributed by atoms with Gasteiger partial charge in [-0.2, -0.15) is 0 Å². The van der Waals surface area contributed by atoms with Crippen molar-refractivity contribution in [3.8, 4) is 0 Å². The van der Waals surface area contributed by atoms with Crippen LogP contribution in [0.2, 0.25) is 0 Å². The minimum Gasteiger partial charge on any atom is -0.271 e. The Kier molecular flexibility index (Phi) is 3.29. The maximum atomic E-state index is 5.32. The average molecular weight is 262 g/mol. The molecule has 60 valence electrons. The lowest BCUT2D eigenvalue weighted by atomic mass is 10.1. The molecule has 0 spiro atoms. The minimum absolute atomic E-state index is 0.225. The van der Waals surface area contributed by atoms with E-state index in [0.29, 0.717) is 0 Å². The van der Waals surface area contributed by atoms with Crippen LogP contribution < -0.4 is 11.3 Å². The summed E-state index contributed by atoms with van der Waals surface area (Å²) < 4.78 is 1.25. The Labute approximate surface area is 80.3 Å². The van der Waals surface area contributed by atoms with Crippen LogP contribution >= 0.6 is 22.6 Å². The molecule has 0 bridgehead atoms. The second-order valence-electron chi connectivity index (χ2n) is 2.41. The molecule has 0 saturated heterocycles. The van der Waals surface area contributed by atoms with E-state index in [4.69, 9.17) is 5.84 Å². The van der Waals surface area contributed by atoms with E-state index in [1.165, 1.54) is 9.13 Å². The van der Waals surface area contributed by atoms with E-state index in [-0.39, 0.29) is 6.04 Å². The Morgan fingerprint density at radius 1 is 1.45 bits per heavy atom. The number of hydrogen-bond acceptors (Lipinski definition) is 2. The third-order valence-electron chi connectivity index (χ3n) is 1.62. The Morgan fingerprint density at radius 2 is 2.09 bits per heavy atom. The van der Waals surface area contributed by atoms with E-state index >= 15 is 0 Å². The maximum Gasteiger partial charge on any atom is 0.0442 e. The fraction of sp³-hybridized carbons (Fsp3) is 0.250. The van der Waals surface area contributed by atoms with Crippen LogP contribution in [-0.4, -0.2) is 0 Å². The summed E-state index contributed by atoms with van der Waals surface area (Å²) in [5.74, 6) is 5.32. The molecule has 0 heterocycles. The van der Waals surface area contributed by atoms with E-state index in [0.717, 1.165) is 0 Å². The van der Waals surface area contributed by atoms with Crippen molar-refractivity contribution in [2.75, 3.05) is 0 Å². The van der Waals surface area contributed by atoms with E-state index in [1.807, 2.05) is 19.1 Å². The van der Waals surface area contributed by atoms with Crippen molar-refractivity contribution in [2.24, 2.45) is 5.84 Å². The molecular weight excluding hydrogens is 251 g/mol. The van der Waals surface area contributed by atoms with Gasteiger partial charge in [0, 0.05) is 9.61 Å². The van der Waals surface area contributed by atoms with Crippen LogP contribution in [-0.2, 0) is 0 Å². The predicted molar refractivity (Wildman–Crippen MR) is 54.9 cm³/mol. The summed E-state index contributed by atoms with van der Waals surface area (Å²) in [5.41, 5.74) is 3.96. The van der Waals surface area contributed by atoms with Crippen LogP contribution in [0.5, 0.6) is 0 Å². The van der Waals surface area contributed by atoms with Crippen LogP contribution in [0.1, 0.15) is 18.5 Å². The average Bonchev–Trinajstić information content (AvgIpc) is 2.04. The highest BCUT2D eigenvalue weighted by Gasteiger charge is 2.04. The molecule has 0 amide bonds. The number of halogens is 1. The Hall–Kier alpha value is -0.130. The number of nitrogens with two attached hydrogens (primary N) is 1. The first-order valence-electron chi connectivity index (χ1n) is 3.46. The van der Waals surface area contributed by atoms with E-state index in [2.05, 4.69) is 40.1 Å². The molecule has 0 aromatic heterocycles. The van der Waals surface area contributed by atoms with Crippen molar-refractivity contribution in [1.82, 2.24) is 5.43 Å². The van der Waals surface area contributed by atoms with Gasteiger partial charge >= 0.3 is 0 Å². The molecule has 1 aromatic rings. The first-order chi connectivity index (χ1) is 5.25. The zero-order valence-corrected chi connectivity index (χ0v) is 8.50. The largest absolute Gasteiger partial charge is 0.271 e. The standard InChI is InChI=1S/C8H11IN2/c1-6(11-10)7-4-2-3-5-8(7)9/h2-6,11H,10H2,1H3/t6-/m1/s1. The summed E-state index contributed by atoms with van der Waals surface area (Å²) >= 11 is 2.30. The second kappa shape index (κ2) is 4.04. The first kappa shape index (κ1) is 8.96. The number of nitrogens with one attached hydrogen (secondary N) is 1. The van der Waals surface area contributed by atoms with Gasteiger partial charge in [-0.15, -0.1) is 0 Å². The molecule has 2 nitrogen and oxygen atoms in total. The minimum atomic E-state index is 0.225. The summed E-state index contributed by atoms with van der Waals surface area (Å²) in [6.07, 6.45) is 0. The van der Waals surface area contributed by atoms with Crippen molar-refractivity contribution in [3.63, 3.8) is 0 Å². The molecule has 3 N–H and O–H groups in total. The monoisotopic (exact) mass is 262 g/mol. The third kappa shape index (κ3) is 2.15. The molecule has 1 rings (SSSR count).